The van der Waals surface area contributed by atoms with E-state index in [2.05, 4.69) is 12.2 Å². The summed E-state index contributed by atoms with van der Waals surface area (Å²) in [5.41, 5.74) is 5.36. The Hall–Kier alpha value is -0.0800. The normalized spacial score (nSPS) is 9.23. The first-order chi connectivity index (χ1) is 6.41. The van der Waals surface area contributed by atoms with Gasteiger partial charge in [-0.05, 0) is 38.9 Å². The summed E-state index contributed by atoms with van der Waals surface area (Å²) in [4.78, 5) is 0. The van der Waals surface area contributed by atoms with Crippen LogP contribution in [0.25, 0.3) is 0 Å². The molecular formula is C11H28N2. The summed E-state index contributed by atoms with van der Waals surface area (Å²) < 4.78 is 0. The summed E-state index contributed by atoms with van der Waals surface area (Å²) in [5, 5.41) is 3.40. The van der Waals surface area contributed by atoms with Crippen molar-refractivity contribution < 1.29 is 0 Å². The van der Waals surface area contributed by atoms with Crippen molar-refractivity contribution in [1.29, 1.82) is 0 Å². The Morgan fingerprint density at radius 3 is 1.92 bits per heavy atom. The van der Waals surface area contributed by atoms with Gasteiger partial charge >= 0.3 is 0 Å². The van der Waals surface area contributed by atoms with E-state index in [0.29, 0.717) is 0 Å². The molecule has 0 spiro atoms. The van der Waals surface area contributed by atoms with E-state index < -0.39 is 0 Å². The summed E-state index contributed by atoms with van der Waals surface area (Å²) in [7, 11) is 0. The zero-order valence-corrected chi connectivity index (χ0v) is 9.73. The number of rotatable bonds is 8. The molecule has 0 heterocycles. The number of unbranched alkanes of at least 4 members (excludes halogenated alkanes) is 3. The fourth-order valence-electron chi connectivity index (χ4n) is 1.02. The molecule has 3 N–H and O–H groups in total. The van der Waals surface area contributed by atoms with Crippen molar-refractivity contribution in [3.8, 4) is 0 Å². The summed E-state index contributed by atoms with van der Waals surface area (Å²) in [5.74, 6) is 0. The summed E-state index contributed by atoms with van der Waals surface area (Å²) in [6.07, 6.45) is 6.36. The van der Waals surface area contributed by atoms with E-state index in [1.54, 1.807) is 0 Å². The van der Waals surface area contributed by atoms with E-state index in [1.165, 1.54) is 32.2 Å². The topological polar surface area (TPSA) is 38.0 Å². The molecule has 82 valence electrons. The molecule has 0 aromatic heterocycles. The highest BCUT2D eigenvalue weighted by Crippen LogP contribution is 1.91. The average molecular weight is 188 g/mol. The van der Waals surface area contributed by atoms with Gasteiger partial charge in [-0.25, -0.2) is 0 Å². The second-order valence-corrected chi connectivity index (χ2v) is 2.95. The van der Waals surface area contributed by atoms with Gasteiger partial charge in [-0.15, -0.1) is 0 Å². The van der Waals surface area contributed by atoms with E-state index in [0.717, 1.165) is 19.5 Å². The largest absolute Gasteiger partial charge is 0.330 e. The molecule has 0 aliphatic heterocycles. The van der Waals surface area contributed by atoms with Gasteiger partial charge in [-0.3, -0.25) is 0 Å². The van der Waals surface area contributed by atoms with Crippen LogP contribution in [0.5, 0.6) is 0 Å². The maximum absolute atomic E-state index is 5.36. The van der Waals surface area contributed by atoms with E-state index in [4.69, 9.17) is 5.73 Å². The van der Waals surface area contributed by atoms with Crippen molar-refractivity contribution in [2.24, 2.45) is 5.73 Å². The molecule has 0 aliphatic carbocycles. The van der Waals surface area contributed by atoms with Gasteiger partial charge in [0.05, 0.1) is 0 Å². The highest BCUT2D eigenvalue weighted by atomic mass is 14.8. The van der Waals surface area contributed by atoms with Crippen LogP contribution in [0.1, 0.15) is 52.9 Å². The molecule has 0 aromatic carbocycles. The molecular weight excluding hydrogens is 160 g/mol. The van der Waals surface area contributed by atoms with Crippen LogP contribution in [-0.2, 0) is 0 Å². The standard InChI is InChI=1S/C9H22N2.C2H6/c1-2-3-5-8-11-9-6-4-7-10;1-2/h11H,2-10H2,1H3;1-2H3. The minimum atomic E-state index is 0.830. The van der Waals surface area contributed by atoms with Crippen molar-refractivity contribution in [1.82, 2.24) is 5.32 Å². The summed E-state index contributed by atoms with van der Waals surface area (Å²) in [6, 6.07) is 0. The fourth-order valence-corrected chi connectivity index (χ4v) is 1.02. The van der Waals surface area contributed by atoms with Crippen LogP contribution in [0, 0.1) is 0 Å². The molecule has 0 saturated heterocycles. The van der Waals surface area contributed by atoms with Gasteiger partial charge in [0.1, 0.15) is 0 Å². The fraction of sp³-hybridized carbons (Fsp3) is 1.00. The number of nitrogens with two attached hydrogens (primary N) is 1. The second kappa shape index (κ2) is 17.9. The molecule has 13 heavy (non-hydrogen) atoms. The molecule has 0 unspecified atom stereocenters. The van der Waals surface area contributed by atoms with Gasteiger partial charge in [0.2, 0.25) is 0 Å². The number of hydrogen-bond acceptors (Lipinski definition) is 2. The SMILES string of the molecule is CC.CCCCCNCCCCN. The summed E-state index contributed by atoms with van der Waals surface area (Å²) >= 11 is 0. The van der Waals surface area contributed by atoms with Crippen LogP contribution >= 0.6 is 0 Å². The zero-order valence-electron chi connectivity index (χ0n) is 9.73. The molecule has 0 saturated carbocycles. The van der Waals surface area contributed by atoms with Gasteiger partial charge < -0.3 is 11.1 Å². The Morgan fingerprint density at radius 2 is 1.46 bits per heavy atom. The Bertz CT molecular complexity index is 57.1. The molecule has 0 fully saturated rings. The molecule has 0 aromatic rings. The highest BCUT2D eigenvalue weighted by Gasteiger charge is 1.87. The number of nitrogens with one attached hydrogen (secondary N) is 1. The highest BCUT2D eigenvalue weighted by molar-refractivity contribution is 4.48. The maximum atomic E-state index is 5.36. The summed E-state index contributed by atoms with van der Waals surface area (Å²) in [6.45, 7) is 9.38. The first-order valence-corrected chi connectivity index (χ1v) is 5.82. The second-order valence-electron chi connectivity index (χ2n) is 2.95. The third-order valence-corrected chi connectivity index (χ3v) is 1.76. The third-order valence-electron chi connectivity index (χ3n) is 1.76. The molecule has 0 bridgehead atoms. The van der Waals surface area contributed by atoms with Gasteiger partial charge in [0.25, 0.3) is 0 Å². The van der Waals surface area contributed by atoms with Crippen molar-refractivity contribution in [2.45, 2.75) is 52.9 Å². The van der Waals surface area contributed by atoms with Gasteiger partial charge in [0, 0.05) is 0 Å². The van der Waals surface area contributed by atoms with E-state index in [1.807, 2.05) is 13.8 Å². The molecule has 2 heteroatoms. The van der Waals surface area contributed by atoms with Crippen LogP contribution in [0.15, 0.2) is 0 Å². The quantitative estimate of drug-likeness (QED) is 0.574. The van der Waals surface area contributed by atoms with Crippen molar-refractivity contribution in [3.63, 3.8) is 0 Å². The van der Waals surface area contributed by atoms with Crippen LogP contribution in [0.4, 0.5) is 0 Å². The van der Waals surface area contributed by atoms with Gasteiger partial charge in [-0.1, -0.05) is 33.6 Å². The van der Waals surface area contributed by atoms with E-state index >= 15 is 0 Å². The maximum Gasteiger partial charge on any atom is -0.00484 e. The zero-order chi connectivity index (χ0) is 10.4. The van der Waals surface area contributed by atoms with Gasteiger partial charge in [0.15, 0.2) is 0 Å². The van der Waals surface area contributed by atoms with Crippen LogP contribution < -0.4 is 11.1 Å². The molecule has 0 rings (SSSR count). The van der Waals surface area contributed by atoms with Crippen molar-refractivity contribution in [3.05, 3.63) is 0 Å². The first kappa shape index (κ1) is 15.4. The third kappa shape index (κ3) is 18.7. The van der Waals surface area contributed by atoms with Crippen LogP contribution in [-0.4, -0.2) is 19.6 Å². The lowest BCUT2D eigenvalue weighted by Crippen LogP contribution is -2.17. The lowest BCUT2D eigenvalue weighted by molar-refractivity contribution is 0.588. The molecule has 2 nitrogen and oxygen atoms in total. The number of hydrogen-bond donors (Lipinski definition) is 2. The minimum absolute atomic E-state index is 0.830. The van der Waals surface area contributed by atoms with Crippen LogP contribution in [0.2, 0.25) is 0 Å². The van der Waals surface area contributed by atoms with E-state index in [-0.39, 0.29) is 0 Å². The molecule has 0 radical (unpaired) electrons. The Labute approximate surface area is 84.3 Å². The van der Waals surface area contributed by atoms with E-state index in [9.17, 15) is 0 Å². The monoisotopic (exact) mass is 188 g/mol. The Morgan fingerprint density at radius 1 is 0.923 bits per heavy atom. The van der Waals surface area contributed by atoms with Crippen molar-refractivity contribution >= 4 is 0 Å². The molecule has 0 atom stereocenters. The smallest absolute Gasteiger partial charge is 0.00484 e. The molecule has 0 aliphatic rings. The average Bonchev–Trinajstić information content (AvgIpc) is 2.20. The Balaban J connectivity index is 0. The van der Waals surface area contributed by atoms with Crippen molar-refractivity contribution in [2.75, 3.05) is 19.6 Å². The Kier molecular flexibility index (Phi) is 21.2. The minimum Gasteiger partial charge on any atom is -0.330 e. The predicted octanol–water partition coefficient (Wildman–Crippen LogP) is 2.53. The predicted molar refractivity (Wildman–Crippen MR) is 62.0 cm³/mol. The molecule has 0 amide bonds. The first-order valence-electron chi connectivity index (χ1n) is 5.82. The van der Waals surface area contributed by atoms with Crippen LogP contribution in [0.3, 0.4) is 0 Å². The lowest BCUT2D eigenvalue weighted by atomic mass is 10.2. The van der Waals surface area contributed by atoms with Gasteiger partial charge in [-0.2, -0.15) is 0 Å². The lowest BCUT2D eigenvalue weighted by Gasteiger charge is -2.02.